The summed E-state index contributed by atoms with van der Waals surface area (Å²) >= 11 is 9.11. The van der Waals surface area contributed by atoms with E-state index >= 15 is 0 Å². The first-order valence-electron chi connectivity index (χ1n) is 8.63. The third-order valence-electron chi connectivity index (χ3n) is 3.90. The average molecular weight is 590 g/mol. The third-order valence-corrected chi connectivity index (χ3v) is 5.92. The smallest absolute Gasteiger partial charge is 0.341 e. The van der Waals surface area contributed by atoms with Crippen LogP contribution in [-0.2, 0) is 9.59 Å². The van der Waals surface area contributed by atoms with Crippen molar-refractivity contribution < 1.29 is 29.1 Å². The Morgan fingerprint density at radius 2 is 2.16 bits per heavy atom. The standard InChI is InChI=1S/C19H13ClIN3O7S/c1-30-14-5-9(4-12(21)17(14)31-8-16(25)26)6-15-18(27)23-19(32-15)22-13-3-2-10(24(28)29)7-11(13)20/h2-7H,8H2,1H3,(H,25,26)(H,22,23,27)/b15-6+. The maximum atomic E-state index is 12.4. The number of amides is 1. The Labute approximate surface area is 203 Å². The van der Waals surface area contributed by atoms with Crippen LogP contribution in [0.2, 0.25) is 5.02 Å². The fourth-order valence-electron chi connectivity index (χ4n) is 2.54. The van der Waals surface area contributed by atoms with Crippen molar-refractivity contribution in [1.82, 2.24) is 5.32 Å². The highest BCUT2D eigenvalue weighted by atomic mass is 127. The Morgan fingerprint density at radius 1 is 1.41 bits per heavy atom. The van der Waals surface area contributed by atoms with E-state index in [4.69, 9.17) is 26.2 Å². The van der Waals surface area contributed by atoms with Gasteiger partial charge in [-0.2, -0.15) is 0 Å². The number of ether oxygens (including phenoxy) is 2. The lowest BCUT2D eigenvalue weighted by atomic mass is 10.2. The summed E-state index contributed by atoms with van der Waals surface area (Å²) in [6.45, 7) is -0.518. The number of non-ortho nitro benzene ring substituents is 1. The summed E-state index contributed by atoms with van der Waals surface area (Å²) in [5, 5.41) is 22.6. The van der Waals surface area contributed by atoms with E-state index in [1.165, 1.54) is 25.3 Å². The molecule has 0 aromatic heterocycles. The van der Waals surface area contributed by atoms with Gasteiger partial charge in [-0.25, -0.2) is 9.79 Å². The number of aliphatic imine (C=N–C) groups is 1. The van der Waals surface area contributed by atoms with Crippen molar-refractivity contribution in [1.29, 1.82) is 0 Å². The van der Waals surface area contributed by atoms with Gasteiger partial charge in [0.05, 0.1) is 31.2 Å². The lowest BCUT2D eigenvalue weighted by Crippen LogP contribution is -2.19. The van der Waals surface area contributed by atoms with Crippen LogP contribution >= 0.6 is 46.0 Å². The third kappa shape index (κ3) is 5.69. The Morgan fingerprint density at radius 3 is 2.78 bits per heavy atom. The van der Waals surface area contributed by atoms with E-state index < -0.39 is 17.5 Å². The second kappa shape index (κ2) is 10.2. The van der Waals surface area contributed by atoms with Crippen molar-refractivity contribution >= 4 is 80.4 Å². The number of carboxylic acid groups (broad SMARTS) is 1. The molecule has 1 aliphatic heterocycles. The van der Waals surface area contributed by atoms with Crippen LogP contribution in [0.25, 0.3) is 6.08 Å². The number of hydrogen-bond donors (Lipinski definition) is 2. The number of amidine groups is 1. The normalized spacial score (nSPS) is 15.7. The second-order valence-electron chi connectivity index (χ2n) is 6.09. The summed E-state index contributed by atoms with van der Waals surface area (Å²) < 4.78 is 11.2. The second-order valence-corrected chi connectivity index (χ2v) is 8.69. The fraction of sp³-hybridized carbons (Fsp3) is 0.105. The molecular weight excluding hydrogens is 577 g/mol. The maximum Gasteiger partial charge on any atom is 0.341 e. The molecule has 1 aliphatic rings. The van der Waals surface area contributed by atoms with Crippen LogP contribution in [0.4, 0.5) is 11.4 Å². The molecule has 3 rings (SSSR count). The number of aliphatic carboxylic acids is 1. The summed E-state index contributed by atoms with van der Waals surface area (Å²) in [5.74, 6) is -0.892. The molecule has 32 heavy (non-hydrogen) atoms. The number of rotatable bonds is 7. The number of nitrogens with zero attached hydrogens (tertiary/aromatic N) is 2. The Bertz CT molecular complexity index is 1190. The zero-order chi connectivity index (χ0) is 23.4. The van der Waals surface area contributed by atoms with Gasteiger partial charge in [0.15, 0.2) is 23.3 Å². The summed E-state index contributed by atoms with van der Waals surface area (Å²) in [5.41, 5.74) is 0.737. The number of nitro benzene ring substituents is 1. The van der Waals surface area contributed by atoms with Crippen LogP contribution in [0.5, 0.6) is 11.5 Å². The first-order valence-corrected chi connectivity index (χ1v) is 10.9. The van der Waals surface area contributed by atoms with Gasteiger partial charge in [0.2, 0.25) is 0 Å². The minimum absolute atomic E-state index is 0.0789. The van der Waals surface area contributed by atoms with Crippen LogP contribution < -0.4 is 14.8 Å². The molecule has 1 saturated heterocycles. The van der Waals surface area contributed by atoms with Crippen LogP contribution in [0.1, 0.15) is 5.56 Å². The van der Waals surface area contributed by atoms with Crippen LogP contribution in [-0.4, -0.2) is 40.8 Å². The van der Waals surface area contributed by atoms with Crippen molar-refractivity contribution in [2.75, 3.05) is 13.7 Å². The zero-order valence-electron chi connectivity index (χ0n) is 16.1. The van der Waals surface area contributed by atoms with Crippen LogP contribution in [0.15, 0.2) is 40.2 Å². The van der Waals surface area contributed by atoms with E-state index in [0.29, 0.717) is 19.8 Å². The summed E-state index contributed by atoms with van der Waals surface area (Å²) in [6, 6.07) is 7.17. The van der Waals surface area contributed by atoms with Gasteiger partial charge in [-0.1, -0.05) is 11.6 Å². The zero-order valence-corrected chi connectivity index (χ0v) is 19.9. The van der Waals surface area contributed by atoms with Crippen molar-refractivity contribution in [3.05, 3.63) is 59.5 Å². The molecule has 10 nitrogen and oxygen atoms in total. The van der Waals surface area contributed by atoms with Crippen molar-refractivity contribution in [3.8, 4) is 11.5 Å². The topological polar surface area (TPSA) is 140 Å². The van der Waals surface area contributed by atoms with Crippen LogP contribution in [0, 0.1) is 13.7 Å². The highest BCUT2D eigenvalue weighted by Crippen LogP contribution is 2.37. The number of nitro groups is 1. The van der Waals surface area contributed by atoms with Crippen molar-refractivity contribution in [3.63, 3.8) is 0 Å². The number of carbonyl (C=O) groups excluding carboxylic acids is 1. The Balaban J connectivity index is 1.85. The van der Waals surface area contributed by atoms with E-state index in [9.17, 15) is 19.7 Å². The molecule has 0 saturated carbocycles. The Hall–Kier alpha value is -2.84. The van der Waals surface area contributed by atoms with Gasteiger partial charge in [0, 0.05) is 12.1 Å². The van der Waals surface area contributed by atoms with Gasteiger partial charge in [-0.3, -0.25) is 14.9 Å². The predicted molar refractivity (Wildman–Crippen MR) is 128 cm³/mol. The number of halogens is 2. The van der Waals surface area contributed by atoms with Gasteiger partial charge in [0.25, 0.3) is 11.6 Å². The molecule has 0 aliphatic carbocycles. The molecule has 166 valence electrons. The molecule has 2 aromatic carbocycles. The number of thioether (sulfide) groups is 1. The molecule has 0 unspecified atom stereocenters. The first-order chi connectivity index (χ1) is 15.2. The average Bonchev–Trinajstić information content (AvgIpc) is 3.06. The van der Waals surface area contributed by atoms with E-state index in [1.54, 1.807) is 18.2 Å². The molecule has 2 N–H and O–H groups in total. The van der Waals surface area contributed by atoms with Gasteiger partial charge in [0.1, 0.15) is 0 Å². The van der Waals surface area contributed by atoms with Gasteiger partial charge in [-0.15, -0.1) is 0 Å². The highest BCUT2D eigenvalue weighted by Gasteiger charge is 2.25. The van der Waals surface area contributed by atoms with Gasteiger partial charge >= 0.3 is 5.97 Å². The summed E-state index contributed by atoms with van der Waals surface area (Å²) in [4.78, 5) is 38.0. The number of nitrogens with one attached hydrogen (secondary N) is 1. The SMILES string of the molecule is COc1cc(/C=C2/SC(=Nc3ccc([N+](=O)[O-])cc3Cl)NC2=O)cc(I)c1OCC(=O)O. The number of benzene rings is 2. The molecule has 1 amide bonds. The molecule has 0 radical (unpaired) electrons. The van der Waals surface area contributed by atoms with E-state index in [1.807, 2.05) is 22.6 Å². The minimum Gasteiger partial charge on any atom is -0.493 e. The monoisotopic (exact) mass is 589 g/mol. The minimum atomic E-state index is -1.12. The molecular formula is C19H13ClIN3O7S. The van der Waals surface area contributed by atoms with Crippen molar-refractivity contribution in [2.45, 2.75) is 0 Å². The largest absolute Gasteiger partial charge is 0.493 e. The fourth-order valence-corrected chi connectivity index (χ4v) is 4.37. The quantitative estimate of drug-likeness (QED) is 0.212. The Kier molecular flexibility index (Phi) is 7.58. The van der Waals surface area contributed by atoms with E-state index in [-0.39, 0.29) is 33.2 Å². The van der Waals surface area contributed by atoms with E-state index in [2.05, 4.69) is 10.3 Å². The molecule has 0 bridgehead atoms. The van der Waals surface area contributed by atoms with E-state index in [0.717, 1.165) is 11.8 Å². The first kappa shape index (κ1) is 23.8. The number of carbonyl (C=O) groups is 2. The van der Waals surface area contributed by atoms with Crippen LogP contribution in [0.3, 0.4) is 0 Å². The summed E-state index contributed by atoms with van der Waals surface area (Å²) in [6.07, 6.45) is 1.62. The number of hydrogen-bond acceptors (Lipinski definition) is 8. The molecule has 1 fully saturated rings. The highest BCUT2D eigenvalue weighted by molar-refractivity contribution is 14.1. The molecule has 13 heteroatoms. The van der Waals surface area contributed by atoms with Gasteiger partial charge < -0.3 is 19.9 Å². The molecule has 0 atom stereocenters. The predicted octanol–water partition coefficient (Wildman–Crippen LogP) is 4.22. The number of carboxylic acids is 1. The lowest BCUT2D eigenvalue weighted by molar-refractivity contribution is -0.384. The molecule has 1 heterocycles. The number of methoxy groups -OCH3 is 1. The maximum absolute atomic E-state index is 12.4. The molecule has 0 spiro atoms. The lowest BCUT2D eigenvalue weighted by Gasteiger charge is -2.12. The van der Waals surface area contributed by atoms with Crippen molar-refractivity contribution in [2.24, 2.45) is 4.99 Å². The summed E-state index contributed by atoms with van der Waals surface area (Å²) in [7, 11) is 1.42. The molecule has 2 aromatic rings. The van der Waals surface area contributed by atoms with Gasteiger partial charge in [-0.05, 0) is 64.2 Å².